The van der Waals surface area contributed by atoms with E-state index in [2.05, 4.69) is 52.5 Å². The number of benzene rings is 3. The van der Waals surface area contributed by atoms with E-state index in [0.29, 0.717) is 39.8 Å². The number of halogens is 1. The number of nitrogens with zero attached hydrogens (tertiary/aromatic N) is 3. The van der Waals surface area contributed by atoms with Crippen LogP contribution in [-0.2, 0) is 24.4 Å². The van der Waals surface area contributed by atoms with Gasteiger partial charge in [0.05, 0.1) is 29.4 Å². The number of hydrogen-bond donors (Lipinski definition) is 4. The van der Waals surface area contributed by atoms with E-state index in [0.717, 1.165) is 79.7 Å². The van der Waals surface area contributed by atoms with Crippen molar-refractivity contribution in [1.29, 1.82) is 5.26 Å². The van der Waals surface area contributed by atoms with Crippen LogP contribution in [0, 0.1) is 18.3 Å². The Morgan fingerprint density at radius 3 is 2.61 bits per heavy atom. The molecule has 284 valence electrons. The number of ether oxygens (including phenoxy) is 3. The number of piperidine rings is 1. The van der Waals surface area contributed by atoms with E-state index in [9.17, 15) is 20.3 Å². The molecule has 2 aliphatic rings. The quantitative estimate of drug-likeness (QED) is 0.103. The fourth-order valence-electron chi connectivity index (χ4n) is 7.28. The van der Waals surface area contributed by atoms with Crippen LogP contribution >= 0.6 is 11.6 Å². The Bertz CT molecular complexity index is 1980. The van der Waals surface area contributed by atoms with Gasteiger partial charge in [-0.15, -0.1) is 0 Å². The van der Waals surface area contributed by atoms with Gasteiger partial charge in [-0.3, -0.25) is 15.1 Å². The van der Waals surface area contributed by atoms with Crippen LogP contribution in [0.15, 0.2) is 67.0 Å². The molecule has 0 unspecified atom stereocenters. The third kappa shape index (κ3) is 9.50. The number of nitriles is 1. The Hall–Kier alpha value is -4.70. The first-order valence-corrected chi connectivity index (χ1v) is 18.9. The molecule has 4 aromatic rings. The molecular weight excluding hydrogens is 706 g/mol. The summed E-state index contributed by atoms with van der Waals surface area (Å²) in [7, 11) is 0. The number of rotatable bonds is 16. The molecule has 3 aromatic carbocycles. The zero-order valence-electron chi connectivity index (χ0n) is 30.8. The molecule has 1 amide bonds. The second-order valence-corrected chi connectivity index (χ2v) is 14.5. The van der Waals surface area contributed by atoms with Gasteiger partial charge in [-0.05, 0) is 92.0 Å². The highest BCUT2D eigenvalue weighted by atomic mass is 35.5. The van der Waals surface area contributed by atoms with Crippen LogP contribution in [-0.4, -0.2) is 70.5 Å². The van der Waals surface area contributed by atoms with Gasteiger partial charge in [0.15, 0.2) is 0 Å². The first-order valence-electron chi connectivity index (χ1n) is 18.5. The minimum Gasteiger partial charge on any atom is -0.493 e. The van der Waals surface area contributed by atoms with E-state index in [-0.39, 0.29) is 25.4 Å². The lowest BCUT2D eigenvalue weighted by molar-refractivity contribution is -0.122. The molecule has 1 aromatic heterocycles. The van der Waals surface area contributed by atoms with E-state index in [1.54, 1.807) is 24.4 Å². The molecule has 12 heteroatoms. The number of primary amides is 1. The van der Waals surface area contributed by atoms with Gasteiger partial charge in [0.25, 0.3) is 0 Å². The minimum atomic E-state index is -1.01. The van der Waals surface area contributed by atoms with Crippen molar-refractivity contribution in [3.8, 4) is 34.4 Å². The van der Waals surface area contributed by atoms with E-state index in [1.165, 1.54) is 18.7 Å². The lowest BCUT2D eigenvalue weighted by atomic mass is 9.93. The molecule has 0 bridgehead atoms. The minimum absolute atomic E-state index is 0.118. The van der Waals surface area contributed by atoms with Crippen molar-refractivity contribution in [2.45, 2.75) is 83.5 Å². The summed E-state index contributed by atoms with van der Waals surface area (Å²) < 4.78 is 19.2. The molecule has 0 radical (unpaired) electrons. The molecule has 0 saturated carbocycles. The Morgan fingerprint density at radius 2 is 1.85 bits per heavy atom. The number of hydrogen-bond acceptors (Lipinski definition) is 10. The maximum atomic E-state index is 12.0. The van der Waals surface area contributed by atoms with Crippen LogP contribution < -0.4 is 25.3 Å². The number of nitrogens with one attached hydrogen (secondary N) is 1. The van der Waals surface area contributed by atoms with Gasteiger partial charge in [0.2, 0.25) is 5.91 Å². The van der Waals surface area contributed by atoms with E-state index < -0.39 is 18.1 Å². The highest BCUT2D eigenvalue weighted by molar-refractivity contribution is 6.32. The number of amides is 1. The van der Waals surface area contributed by atoms with Gasteiger partial charge in [-0.1, -0.05) is 41.9 Å². The van der Waals surface area contributed by atoms with Gasteiger partial charge >= 0.3 is 0 Å². The van der Waals surface area contributed by atoms with Crippen molar-refractivity contribution >= 4 is 17.5 Å². The molecule has 1 aliphatic carbocycles. The van der Waals surface area contributed by atoms with Crippen molar-refractivity contribution in [3.63, 3.8) is 0 Å². The standard InChI is InChI=1S/C42H48ClN5O6/c1-26-32(6-4-9-37(26)52-17-5-14-48-15-12-31(50)13-16-48)33-7-3-8-35-34(33)10-11-38(35)54-40-20-39(53-25-29-18-28(21-44)22-46-23-29)30(19-36(40)43)24-47-41(27(2)49)42(45)51/h3-4,6-9,18-20,22-23,27,31,38,41,47,49-50H,5,10-17,24-25H2,1-2H3,(H2,45,51)/t27-,38+,41+/m1/s1. The van der Waals surface area contributed by atoms with Gasteiger partial charge in [-0.2, -0.15) is 5.26 Å². The lowest BCUT2D eigenvalue weighted by Gasteiger charge is -2.29. The molecular formula is C42H48ClN5O6. The zero-order valence-corrected chi connectivity index (χ0v) is 31.5. The van der Waals surface area contributed by atoms with Gasteiger partial charge in [0, 0.05) is 55.8 Å². The Kier molecular flexibility index (Phi) is 13.1. The summed E-state index contributed by atoms with van der Waals surface area (Å²) in [6.07, 6.45) is 5.86. The van der Waals surface area contributed by atoms with Gasteiger partial charge in [0.1, 0.15) is 42.1 Å². The molecule has 6 rings (SSSR count). The molecule has 1 fully saturated rings. The van der Waals surface area contributed by atoms with Crippen molar-refractivity contribution in [2.24, 2.45) is 5.73 Å². The molecule has 11 nitrogen and oxygen atoms in total. The lowest BCUT2D eigenvalue weighted by Crippen LogP contribution is -2.48. The fraction of sp³-hybridized carbons (Fsp3) is 0.405. The van der Waals surface area contributed by atoms with Crippen molar-refractivity contribution in [3.05, 3.63) is 105 Å². The van der Waals surface area contributed by atoms with Gasteiger partial charge in [-0.25, -0.2) is 0 Å². The molecule has 54 heavy (non-hydrogen) atoms. The third-order valence-corrected chi connectivity index (χ3v) is 10.5. The van der Waals surface area contributed by atoms with Crippen LogP contribution in [0.4, 0.5) is 0 Å². The summed E-state index contributed by atoms with van der Waals surface area (Å²) in [5, 5.41) is 32.6. The normalized spacial score (nSPS) is 17.0. The molecule has 5 N–H and O–H groups in total. The van der Waals surface area contributed by atoms with Crippen molar-refractivity contribution in [1.82, 2.24) is 15.2 Å². The van der Waals surface area contributed by atoms with E-state index in [4.69, 9.17) is 31.5 Å². The summed E-state index contributed by atoms with van der Waals surface area (Å²) in [5.41, 5.74) is 12.9. The summed E-state index contributed by atoms with van der Waals surface area (Å²) in [6.45, 7) is 7.30. The van der Waals surface area contributed by atoms with Gasteiger partial charge < -0.3 is 35.1 Å². The van der Waals surface area contributed by atoms with E-state index >= 15 is 0 Å². The summed E-state index contributed by atoms with van der Waals surface area (Å²) in [4.78, 5) is 18.5. The molecule has 1 aliphatic heterocycles. The van der Waals surface area contributed by atoms with Crippen LogP contribution in [0.2, 0.25) is 5.02 Å². The summed E-state index contributed by atoms with van der Waals surface area (Å²) in [5.74, 6) is 1.09. The molecule has 1 saturated heterocycles. The third-order valence-electron chi connectivity index (χ3n) is 10.2. The predicted molar refractivity (Wildman–Crippen MR) is 206 cm³/mol. The highest BCUT2D eigenvalue weighted by Crippen LogP contribution is 2.44. The Morgan fingerprint density at radius 1 is 1.07 bits per heavy atom. The fourth-order valence-corrected chi connectivity index (χ4v) is 7.51. The Labute approximate surface area is 321 Å². The summed E-state index contributed by atoms with van der Waals surface area (Å²) in [6, 6.07) is 18.8. The topological polar surface area (TPSA) is 163 Å². The number of carbonyl (C=O) groups is 1. The first-order chi connectivity index (χ1) is 26.1. The average molecular weight is 754 g/mol. The monoisotopic (exact) mass is 753 g/mol. The second kappa shape index (κ2) is 18.1. The maximum Gasteiger partial charge on any atom is 0.237 e. The number of carbonyl (C=O) groups excluding carboxylic acids is 1. The number of pyridine rings is 1. The zero-order chi connectivity index (χ0) is 38.2. The second-order valence-electron chi connectivity index (χ2n) is 14.1. The molecule has 2 heterocycles. The number of fused-ring (bicyclic) bond motifs is 1. The number of aromatic nitrogens is 1. The number of nitrogens with two attached hydrogens (primary N) is 1. The van der Waals surface area contributed by atoms with Crippen LogP contribution in [0.25, 0.3) is 11.1 Å². The van der Waals surface area contributed by atoms with Crippen molar-refractivity contribution < 1.29 is 29.2 Å². The first kappa shape index (κ1) is 39.0. The number of likely N-dealkylation sites (tertiary alicyclic amines) is 1. The maximum absolute atomic E-state index is 12.0. The molecule has 0 spiro atoms. The van der Waals surface area contributed by atoms with E-state index in [1.807, 2.05) is 12.1 Å². The SMILES string of the molecule is Cc1c(OCCCN2CCC(O)CC2)cccc1-c1cccc2c1CC[C@@H]2Oc1cc(OCc2cncc(C#N)c2)c(CN[C@H](C(N)=O)[C@@H](C)O)cc1Cl. The number of aliphatic hydroxyl groups excluding tert-OH is 2. The van der Waals surface area contributed by atoms with Crippen LogP contribution in [0.3, 0.4) is 0 Å². The summed E-state index contributed by atoms with van der Waals surface area (Å²) >= 11 is 6.85. The predicted octanol–water partition coefficient (Wildman–Crippen LogP) is 5.78. The largest absolute Gasteiger partial charge is 0.493 e. The van der Waals surface area contributed by atoms with Crippen LogP contribution in [0.5, 0.6) is 17.2 Å². The highest BCUT2D eigenvalue weighted by Gasteiger charge is 2.29. The Balaban J connectivity index is 1.19. The van der Waals surface area contributed by atoms with Crippen LogP contribution in [0.1, 0.15) is 72.1 Å². The average Bonchev–Trinajstić information content (AvgIpc) is 3.58. The van der Waals surface area contributed by atoms with Crippen molar-refractivity contribution in [2.75, 3.05) is 26.2 Å². The smallest absolute Gasteiger partial charge is 0.237 e. The molecule has 3 atom stereocenters. The number of aliphatic hydroxyl groups is 2.